The van der Waals surface area contributed by atoms with Crippen molar-refractivity contribution >= 4 is 9.84 Å². The molecule has 1 aromatic rings. The molecule has 0 aliphatic carbocycles. The molecule has 4 heteroatoms. The molecule has 1 aliphatic heterocycles. The molecule has 17 heavy (non-hydrogen) atoms. The van der Waals surface area contributed by atoms with Crippen molar-refractivity contribution in [2.75, 3.05) is 11.5 Å². The highest BCUT2D eigenvalue weighted by molar-refractivity contribution is 7.91. The summed E-state index contributed by atoms with van der Waals surface area (Å²) in [6.45, 7) is 4.95. The van der Waals surface area contributed by atoms with Crippen LogP contribution in [0.2, 0.25) is 0 Å². The average Bonchev–Trinajstić information content (AvgIpc) is 2.57. The maximum Gasteiger partial charge on any atom is 0.151 e. The van der Waals surface area contributed by atoms with E-state index in [1.165, 1.54) is 16.7 Å². The van der Waals surface area contributed by atoms with Gasteiger partial charge < -0.3 is 5.32 Å². The highest BCUT2D eigenvalue weighted by atomic mass is 32.2. The summed E-state index contributed by atoms with van der Waals surface area (Å²) in [6, 6.07) is 6.36. The predicted octanol–water partition coefficient (Wildman–Crippen LogP) is 1.58. The fourth-order valence-electron chi connectivity index (χ4n) is 2.33. The highest BCUT2D eigenvalue weighted by Gasteiger charge is 2.27. The molecule has 1 unspecified atom stereocenters. The molecule has 1 N–H and O–H groups in total. The first kappa shape index (κ1) is 12.6. The van der Waals surface area contributed by atoms with Crippen molar-refractivity contribution in [3.05, 3.63) is 34.9 Å². The summed E-state index contributed by atoms with van der Waals surface area (Å²) >= 11 is 0. The molecule has 0 aromatic heterocycles. The summed E-state index contributed by atoms with van der Waals surface area (Å²) in [4.78, 5) is 0. The van der Waals surface area contributed by atoms with Gasteiger partial charge in [0.2, 0.25) is 0 Å². The van der Waals surface area contributed by atoms with Gasteiger partial charge in [-0.25, -0.2) is 8.42 Å². The quantitative estimate of drug-likeness (QED) is 0.889. The largest absolute Gasteiger partial charge is 0.309 e. The minimum atomic E-state index is -2.78. The Bertz CT molecular complexity index is 488. The SMILES string of the molecule is Cc1cccc(C)c1CNC1CCS(=O)(=O)C1. The number of aryl methyl sites for hydroxylation is 2. The van der Waals surface area contributed by atoms with Crippen molar-refractivity contribution in [1.29, 1.82) is 0 Å². The van der Waals surface area contributed by atoms with Gasteiger partial charge in [-0.15, -0.1) is 0 Å². The molecule has 94 valence electrons. The Hall–Kier alpha value is -0.870. The average molecular weight is 253 g/mol. The van der Waals surface area contributed by atoms with E-state index >= 15 is 0 Å². The van der Waals surface area contributed by atoms with E-state index in [2.05, 4.69) is 31.3 Å². The van der Waals surface area contributed by atoms with Gasteiger partial charge in [-0.05, 0) is 37.0 Å². The lowest BCUT2D eigenvalue weighted by Gasteiger charge is -2.14. The van der Waals surface area contributed by atoms with E-state index < -0.39 is 9.84 Å². The lowest BCUT2D eigenvalue weighted by molar-refractivity contribution is 0.552. The van der Waals surface area contributed by atoms with Crippen molar-refractivity contribution in [2.45, 2.75) is 32.9 Å². The topological polar surface area (TPSA) is 46.2 Å². The zero-order valence-corrected chi connectivity index (χ0v) is 11.2. The summed E-state index contributed by atoms with van der Waals surface area (Å²) in [5.41, 5.74) is 3.81. The Morgan fingerprint density at radius 2 is 1.94 bits per heavy atom. The van der Waals surface area contributed by atoms with Crippen LogP contribution in [0.3, 0.4) is 0 Å². The van der Waals surface area contributed by atoms with Gasteiger partial charge in [0.05, 0.1) is 11.5 Å². The molecule has 1 saturated heterocycles. The Morgan fingerprint density at radius 3 is 2.47 bits per heavy atom. The Kier molecular flexibility index (Phi) is 3.54. The summed E-state index contributed by atoms with van der Waals surface area (Å²) in [6.07, 6.45) is 0.743. The summed E-state index contributed by atoms with van der Waals surface area (Å²) in [5, 5.41) is 3.36. The van der Waals surface area contributed by atoms with Crippen LogP contribution in [-0.4, -0.2) is 26.0 Å². The Morgan fingerprint density at radius 1 is 1.29 bits per heavy atom. The Balaban J connectivity index is 1.99. The molecule has 2 rings (SSSR count). The molecule has 0 amide bonds. The van der Waals surface area contributed by atoms with Gasteiger partial charge in [0.1, 0.15) is 0 Å². The first-order chi connectivity index (χ1) is 7.98. The van der Waals surface area contributed by atoms with Crippen LogP contribution in [0.15, 0.2) is 18.2 Å². The van der Waals surface area contributed by atoms with E-state index in [1.54, 1.807) is 0 Å². The normalized spacial score (nSPS) is 22.8. The van der Waals surface area contributed by atoms with E-state index in [9.17, 15) is 8.42 Å². The van der Waals surface area contributed by atoms with Crippen molar-refractivity contribution < 1.29 is 8.42 Å². The minimum absolute atomic E-state index is 0.124. The molecule has 1 heterocycles. The zero-order chi connectivity index (χ0) is 12.5. The van der Waals surface area contributed by atoms with Gasteiger partial charge in [0.25, 0.3) is 0 Å². The number of nitrogens with one attached hydrogen (secondary N) is 1. The third-order valence-corrected chi connectivity index (χ3v) is 5.21. The molecular formula is C13H19NO2S. The number of benzene rings is 1. The molecule has 1 aliphatic rings. The second-order valence-corrected chi connectivity index (χ2v) is 7.08. The lowest BCUT2D eigenvalue weighted by atomic mass is 10.0. The van der Waals surface area contributed by atoms with Gasteiger partial charge >= 0.3 is 0 Å². The van der Waals surface area contributed by atoms with Crippen LogP contribution >= 0.6 is 0 Å². The fourth-order valence-corrected chi connectivity index (χ4v) is 4.04. The molecular weight excluding hydrogens is 234 g/mol. The zero-order valence-electron chi connectivity index (χ0n) is 10.4. The van der Waals surface area contributed by atoms with E-state index in [-0.39, 0.29) is 11.8 Å². The molecule has 0 radical (unpaired) electrons. The first-order valence-electron chi connectivity index (χ1n) is 5.97. The van der Waals surface area contributed by atoms with E-state index in [0.29, 0.717) is 5.75 Å². The fraction of sp³-hybridized carbons (Fsp3) is 0.538. The van der Waals surface area contributed by atoms with Crippen LogP contribution in [0.5, 0.6) is 0 Å². The van der Waals surface area contributed by atoms with Crippen LogP contribution in [0.25, 0.3) is 0 Å². The lowest BCUT2D eigenvalue weighted by Crippen LogP contribution is -2.30. The van der Waals surface area contributed by atoms with Crippen molar-refractivity contribution in [2.24, 2.45) is 0 Å². The maximum absolute atomic E-state index is 11.3. The summed E-state index contributed by atoms with van der Waals surface area (Å²) < 4.78 is 22.7. The van der Waals surface area contributed by atoms with Crippen LogP contribution < -0.4 is 5.32 Å². The molecule has 1 atom stereocenters. The van der Waals surface area contributed by atoms with Crippen LogP contribution in [0.4, 0.5) is 0 Å². The number of hydrogen-bond donors (Lipinski definition) is 1. The number of hydrogen-bond acceptors (Lipinski definition) is 3. The van der Waals surface area contributed by atoms with Gasteiger partial charge in [0, 0.05) is 12.6 Å². The minimum Gasteiger partial charge on any atom is -0.309 e. The summed E-state index contributed by atoms with van der Waals surface area (Å²) in [5.74, 6) is 0.620. The maximum atomic E-state index is 11.3. The van der Waals surface area contributed by atoms with Crippen LogP contribution in [0.1, 0.15) is 23.1 Å². The molecule has 0 spiro atoms. The molecule has 1 aromatic carbocycles. The molecule has 0 saturated carbocycles. The monoisotopic (exact) mass is 253 g/mol. The number of rotatable bonds is 3. The van der Waals surface area contributed by atoms with Crippen LogP contribution in [-0.2, 0) is 16.4 Å². The highest BCUT2D eigenvalue weighted by Crippen LogP contribution is 2.15. The van der Waals surface area contributed by atoms with Gasteiger partial charge in [-0.2, -0.15) is 0 Å². The second-order valence-electron chi connectivity index (χ2n) is 4.85. The smallest absolute Gasteiger partial charge is 0.151 e. The van der Waals surface area contributed by atoms with Crippen LogP contribution in [0, 0.1) is 13.8 Å². The predicted molar refractivity (Wildman–Crippen MR) is 69.8 cm³/mol. The van der Waals surface area contributed by atoms with Gasteiger partial charge in [0.15, 0.2) is 9.84 Å². The molecule has 0 bridgehead atoms. The molecule has 1 fully saturated rings. The van der Waals surface area contributed by atoms with E-state index in [4.69, 9.17) is 0 Å². The van der Waals surface area contributed by atoms with Crippen molar-refractivity contribution in [3.8, 4) is 0 Å². The first-order valence-corrected chi connectivity index (χ1v) is 7.79. The molecule has 3 nitrogen and oxygen atoms in total. The van der Waals surface area contributed by atoms with E-state index in [0.717, 1.165) is 13.0 Å². The van der Waals surface area contributed by atoms with Crippen molar-refractivity contribution in [1.82, 2.24) is 5.32 Å². The van der Waals surface area contributed by atoms with E-state index in [1.807, 2.05) is 6.07 Å². The van der Waals surface area contributed by atoms with Crippen molar-refractivity contribution in [3.63, 3.8) is 0 Å². The number of sulfone groups is 1. The van der Waals surface area contributed by atoms with Gasteiger partial charge in [-0.1, -0.05) is 18.2 Å². The third kappa shape index (κ3) is 3.07. The van der Waals surface area contributed by atoms with Gasteiger partial charge in [-0.3, -0.25) is 0 Å². The standard InChI is InChI=1S/C13H19NO2S/c1-10-4-3-5-11(2)13(10)8-14-12-6-7-17(15,16)9-12/h3-5,12,14H,6-9H2,1-2H3. The second kappa shape index (κ2) is 4.78. The Labute approximate surface area is 103 Å². The summed E-state index contributed by atoms with van der Waals surface area (Å²) in [7, 11) is -2.78. The third-order valence-electron chi connectivity index (χ3n) is 3.44.